The van der Waals surface area contributed by atoms with Crippen LogP contribution in [0, 0.1) is 0 Å². The molecule has 3 saturated heterocycles. The summed E-state index contributed by atoms with van der Waals surface area (Å²) in [5, 5.41) is 98.7. The van der Waals surface area contributed by atoms with E-state index < -0.39 is 174 Å². The Kier molecular flexibility index (Phi) is 16.3. The number of aliphatic carboxylic acids is 2. The highest BCUT2D eigenvalue weighted by Crippen LogP contribution is 2.35. The molecule has 30 nitrogen and oxygen atoms in total. The molecule has 3 fully saturated rings. The number of carboxylic acid groups (broad SMARTS) is 2. The summed E-state index contributed by atoms with van der Waals surface area (Å²) in [7, 11) is -10.8. The lowest BCUT2D eigenvalue weighted by Crippen LogP contribution is -2.70. The van der Waals surface area contributed by atoms with Crippen LogP contribution in [0.25, 0.3) is 0 Å². The van der Waals surface area contributed by atoms with E-state index in [-0.39, 0.29) is 0 Å². The van der Waals surface area contributed by atoms with Crippen molar-refractivity contribution in [2.24, 2.45) is 0 Å². The fourth-order valence-corrected chi connectivity index (χ4v) is 7.21. The number of carbonyl (C=O) groups excluding carboxylic acids is 2. The second-order valence-electron chi connectivity index (χ2n) is 13.3. The molecule has 4 aliphatic rings. The minimum absolute atomic E-state index is 0.572. The van der Waals surface area contributed by atoms with E-state index in [1.54, 1.807) is 0 Å². The van der Waals surface area contributed by atoms with E-state index in [0.717, 1.165) is 13.8 Å². The number of aliphatic hydroxyl groups excluding tert-OH is 7. The van der Waals surface area contributed by atoms with Crippen molar-refractivity contribution in [3.8, 4) is 0 Å². The highest BCUT2D eigenvalue weighted by molar-refractivity contribution is 7.81. The summed E-state index contributed by atoms with van der Waals surface area (Å²) in [6, 6.07) is -3.88. The van der Waals surface area contributed by atoms with Crippen LogP contribution in [-0.2, 0) is 81.5 Å². The van der Waals surface area contributed by atoms with Gasteiger partial charge in [0.2, 0.25) is 23.9 Å². The van der Waals surface area contributed by atoms with E-state index in [2.05, 4.69) is 19.0 Å². The molecule has 344 valence electrons. The minimum atomic E-state index is -5.47. The van der Waals surface area contributed by atoms with Crippen molar-refractivity contribution in [1.82, 2.24) is 10.6 Å². The zero-order valence-electron chi connectivity index (χ0n) is 30.6. The molecule has 0 aromatic rings. The predicted octanol–water partition coefficient (Wildman–Crippen LogP) is -8.47. The summed E-state index contributed by atoms with van der Waals surface area (Å²) in [6.45, 7) is -0.680. The molecular weight excluding hydrogens is 876 g/mol. The van der Waals surface area contributed by atoms with Gasteiger partial charge in [-0.1, -0.05) is 0 Å². The lowest BCUT2D eigenvalue weighted by Gasteiger charge is -2.49. The minimum Gasteiger partial charge on any atom is -0.479 e. The van der Waals surface area contributed by atoms with Gasteiger partial charge in [0.15, 0.2) is 25.0 Å². The van der Waals surface area contributed by atoms with E-state index >= 15 is 0 Å². The van der Waals surface area contributed by atoms with Crippen LogP contribution in [0.5, 0.6) is 0 Å². The molecule has 2 amide bonds. The molecule has 0 radical (unpaired) electrons. The van der Waals surface area contributed by atoms with Crippen molar-refractivity contribution in [3.05, 3.63) is 11.8 Å². The summed E-state index contributed by atoms with van der Waals surface area (Å²) in [4.78, 5) is 48.6. The molecule has 13 N–H and O–H groups in total. The first-order valence-electron chi connectivity index (χ1n) is 17.0. The molecule has 0 aliphatic carbocycles. The van der Waals surface area contributed by atoms with E-state index in [1.165, 1.54) is 0 Å². The fourth-order valence-electron chi connectivity index (χ4n) is 6.39. The molecule has 4 aliphatic heterocycles. The Hall–Kier alpha value is -3.36. The third-order valence-corrected chi connectivity index (χ3v) is 9.84. The van der Waals surface area contributed by atoms with E-state index in [9.17, 15) is 91.1 Å². The second kappa shape index (κ2) is 19.8. The van der Waals surface area contributed by atoms with Gasteiger partial charge in [0.25, 0.3) is 0 Å². The smallest absolute Gasteiger partial charge is 0.397 e. The number of rotatable bonds is 16. The summed E-state index contributed by atoms with van der Waals surface area (Å²) in [5.74, 6) is -6.72. The Morgan fingerprint density at radius 2 is 1.27 bits per heavy atom. The summed E-state index contributed by atoms with van der Waals surface area (Å²) < 4.78 is 112. The van der Waals surface area contributed by atoms with E-state index in [1.807, 2.05) is 0 Å². The Morgan fingerprint density at radius 1 is 0.683 bits per heavy atom. The molecule has 60 heavy (non-hydrogen) atoms. The monoisotopic (exact) mass is 918 g/mol. The fraction of sp³-hybridized carbons (Fsp3) is 0.786. The molecule has 0 spiro atoms. The Bertz CT molecular complexity index is 1820. The Balaban J connectivity index is 1.71. The van der Waals surface area contributed by atoms with Crippen molar-refractivity contribution >= 4 is 44.6 Å². The molecule has 0 bridgehead atoms. The SMILES string of the molecule is CC(=O)NC1C(OC2C(C(=O)O)OC(OC3C(NC(C)=O)C(O)OC(CO)C3OS(=O)(=O)O)C(O)C2O)OC(COS(=O)(=O)O)C(O)C1OC1OC(C(=O)O)=CC(O)C1O. The summed E-state index contributed by atoms with van der Waals surface area (Å²) >= 11 is 0. The summed E-state index contributed by atoms with van der Waals surface area (Å²) in [5.41, 5.74) is 0. The number of ether oxygens (including phenoxy) is 7. The first-order chi connectivity index (χ1) is 27.7. The van der Waals surface area contributed by atoms with Crippen molar-refractivity contribution < 1.29 is 133 Å². The van der Waals surface area contributed by atoms with Gasteiger partial charge in [0.05, 0.1) is 13.2 Å². The number of hydrogen-bond donors (Lipinski definition) is 13. The average molecular weight is 919 g/mol. The van der Waals surface area contributed by atoms with Gasteiger partial charge in [-0.2, -0.15) is 16.8 Å². The predicted molar refractivity (Wildman–Crippen MR) is 177 cm³/mol. The molecule has 18 atom stereocenters. The molecule has 18 unspecified atom stereocenters. The maximum atomic E-state index is 12.6. The lowest BCUT2D eigenvalue weighted by molar-refractivity contribution is -0.362. The third kappa shape index (κ3) is 12.2. The third-order valence-electron chi connectivity index (χ3n) is 8.94. The van der Waals surface area contributed by atoms with Crippen molar-refractivity contribution in [1.29, 1.82) is 0 Å². The first kappa shape index (κ1) is 49.3. The molecule has 0 aromatic heterocycles. The van der Waals surface area contributed by atoms with Gasteiger partial charge < -0.3 is 89.8 Å². The zero-order chi connectivity index (χ0) is 45.2. The van der Waals surface area contributed by atoms with Gasteiger partial charge in [0.1, 0.15) is 79.2 Å². The van der Waals surface area contributed by atoms with Crippen molar-refractivity contribution in [2.75, 3.05) is 13.2 Å². The number of amides is 2. The van der Waals surface area contributed by atoms with Crippen molar-refractivity contribution in [2.45, 2.75) is 124 Å². The van der Waals surface area contributed by atoms with Crippen LogP contribution in [0.4, 0.5) is 0 Å². The van der Waals surface area contributed by atoms with Gasteiger partial charge >= 0.3 is 32.7 Å². The average Bonchev–Trinajstić information content (AvgIpc) is 3.12. The van der Waals surface area contributed by atoms with Gasteiger partial charge in [-0.3, -0.25) is 18.7 Å². The van der Waals surface area contributed by atoms with Crippen LogP contribution in [0.2, 0.25) is 0 Å². The zero-order valence-corrected chi connectivity index (χ0v) is 32.2. The van der Waals surface area contributed by atoms with Gasteiger partial charge in [-0.15, -0.1) is 0 Å². The van der Waals surface area contributed by atoms with Crippen LogP contribution in [0.15, 0.2) is 11.8 Å². The standard InChI is InChI=1S/C28H42N2O28S2/c1-6(32)29-12-20(18(58-60(47,48)49)10(4-31)51-25(12)43)55-28-17(38)16(37)21(22(57-28)24(41)42)56-26-13(30-7(2)33)19(15(36)11(53-26)5-50-59(44,45)46)54-27-14(35)8(34)3-9(52-27)23(39)40/h3,8,10-22,25-28,31,34-38,43H,4-5H2,1-2H3,(H,29,32)(H,30,33)(H,39,40)(H,41,42)(H,44,45,46)(H,47,48,49). The maximum absolute atomic E-state index is 12.6. The number of hydrogen-bond acceptors (Lipinski definition) is 24. The van der Waals surface area contributed by atoms with Crippen LogP contribution in [-0.4, -0.2) is 219 Å². The van der Waals surface area contributed by atoms with Gasteiger partial charge in [0, 0.05) is 13.8 Å². The Labute approximate surface area is 336 Å². The molecule has 4 rings (SSSR count). The van der Waals surface area contributed by atoms with Crippen LogP contribution in [0.3, 0.4) is 0 Å². The number of carboxylic acids is 2. The summed E-state index contributed by atoms with van der Waals surface area (Å²) in [6.07, 6.45) is -35.2. The van der Waals surface area contributed by atoms with Gasteiger partial charge in [-0.05, 0) is 6.08 Å². The van der Waals surface area contributed by atoms with Crippen LogP contribution < -0.4 is 10.6 Å². The first-order valence-corrected chi connectivity index (χ1v) is 19.7. The largest absolute Gasteiger partial charge is 0.479 e. The molecule has 32 heteroatoms. The van der Waals surface area contributed by atoms with E-state index in [4.69, 9.17) is 33.2 Å². The van der Waals surface area contributed by atoms with Crippen LogP contribution >= 0.6 is 0 Å². The lowest BCUT2D eigenvalue weighted by atomic mass is 9.94. The normalized spacial score (nSPS) is 40.1. The molecular formula is C28H42N2O28S2. The highest BCUT2D eigenvalue weighted by Gasteiger charge is 2.57. The second-order valence-corrected chi connectivity index (χ2v) is 15.4. The molecule has 0 saturated carbocycles. The van der Waals surface area contributed by atoms with Crippen molar-refractivity contribution in [3.63, 3.8) is 0 Å². The maximum Gasteiger partial charge on any atom is 0.397 e. The number of aliphatic hydroxyl groups is 7. The Morgan fingerprint density at radius 3 is 1.80 bits per heavy atom. The quantitative estimate of drug-likeness (QED) is 0.0639. The molecule has 0 aromatic carbocycles. The molecule has 4 heterocycles. The topological polar surface area (TPSA) is 466 Å². The van der Waals surface area contributed by atoms with Crippen LogP contribution in [0.1, 0.15) is 13.8 Å². The number of nitrogens with one attached hydrogen (secondary N) is 2. The highest BCUT2D eigenvalue weighted by atomic mass is 32.3. The van der Waals surface area contributed by atoms with Gasteiger partial charge in [-0.25, -0.2) is 18.0 Å². The number of carbonyl (C=O) groups is 4. The van der Waals surface area contributed by atoms with E-state index in [0.29, 0.717) is 6.08 Å².